The molecule has 1 aromatic carbocycles. The maximum atomic E-state index is 12.0. The van der Waals surface area contributed by atoms with Crippen molar-refractivity contribution >= 4 is 15.7 Å². The third kappa shape index (κ3) is 2.77. The Morgan fingerprint density at radius 1 is 1.47 bits per heavy atom. The van der Waals surface area contributed by atoms with E-state index in [0.717, 1.165) is 5.56 Å². The molecule has 1 aliphatic heterocycles. The van der Waals surface area contributed by atoms with E-state index >= 15 is 0 Å². The van der Waals surface area contributed by atoms with Gasteiger partial charge in [-0.1, -0.05) is 0 Å². The third-order valence-electron chi connectivity index (χ3n) is 2.80. The number of aryl methyl sites for hydroxylation is 1. The predicted octanol–water partition coefficient (Wildman–Crippen LogP) is 0.644. The number of rotatable bonds is 3. The molecule has 5 nitrogen and oxygen atoms in total. The van der Waals surface area contributed by atoms with Gasteiger partial charge >= 0.3 is 0 Å². The summed E-state index contributed by atoms with van der Waals surface area (Å²) in [6, 6.07) is 4.57. The van der Waals surface area contributed by atoms with Crippen LogP contribution in [-0.4, -0.2) is 27.7 Å². The Hall–Kier alpha value is -1.11. The van der Waals surface area contributed by atoms with Gasteiger partial charge in [0.05, 0.1) is 11.5 Å². The molecular formula is C11H16N2O3S. The molecule has 0 aliphatic carbocycles. The van der Waals surface area contributed by atoms with Crippen molar-refractivity contribution in [3.05, 3.63) is 23.8 Å². The van der Waals surface area contributed by atoms with E-state index in [1.807, 2.05) is 0 Å². The van der Waals surface area contributed by atoms with Gasteiger partial charge in [0.2, 0.25) is 10.0 Å². The Morgan fingerprint density at radius 2 is 2.24 bits per heavy atom. The Kier molecular flexibility index (Phi) is 3.37. The van der Waals surface area contributed by atoms with Gasteiger partial charge in [-0.2, -0.15) is 0 Å². The zero-order chi connectivity index (χ0) is 12.5. The minimum atomic E-state index is -3.47. The number of benzene rings is 1. The minimum Gasteiger partial charge on any atom is -0.399 e. The van der Waals surface area contributed by atoms with Crippen LogP contribution in [0.15, 0.2) is 23.1 Å². The summed E-state index contributed by atoms with van der Waals surface area (Å²) in [5.74, 6) is 0. The summed E-state index contributed by atoms with van der Waals surface area (Å²) < 4.78 is 31.8. The highest BCUT2D eigenvalue weighted by Gasteiger charge is 2.23. The minimum absolute atomic E-state index is 0.127. The van der Waals surface area contributed by atoms with Crippen molar-refractivity contribution in [2.24, 2.45) is 0 Å². The van der Waals surface area contributed by atoms with E-state index in [9.17, 15) is 8.42 Å². The SMILES string of the molecule is Cc1cc(S(=O)(=O)NC2CCOC2)ccc1N. The van der Waals surface area contributed by atoms with E-state index in [1.165, 1.54) is 6.07 Å². The molecule has 1 aromatic rings. The summed E-state index contributed by atoms with van der Waals surface area (Å²) in [5, 5.41) is 0. The monoisotopic (exact) mass is 256 g/mol. The third-order valence-corrected chi connectivity index (χ3v) is 4.32. The molecule has 1 saturated heterocycles. The number of nitrogens with one attached hydrogen (secondary N) is 1. The number of anilines is 1. The van der Waals surface area contributed by atoms with E-state index in [1.54, 1.807) is 19.1 Å². The average Bonchev–Trinajstić information content (AvgIpc) is 2.73. The average molecular weight is 256 g/mol. The number of sulfonamides is 1. The molecule has 0 radical (unpaired) electrons. The lowest BCUT2D eigenvalue weighted by Crippen LogP contribution is -2.35. The highest BCUT2D eigenvalue weighted by Crippen LogP contribution is 2.18. The molecule has 2 rings (SSSR count). The van der Waals surface area contributed by atoms with E-state index in [0.29, 0.717) is 25.3 Å². The van der Waals surface area contributed by atoms with Crippen LogP contribution < -0.4 is 10.5 Å². The number of nitrogens with two attached hydrogens (primary N) is 1. The molecule has 17 heavy (non-hydrogen) atoms. The van der Waals surface area contributed by atoms with E-state index in [2.05, 4.69) is 4.72 Å². The van der Waals surface area contributed by atoms with Crippen LogP contribution in [0.2, 0.25) is 0 Å². The summed E-state index contributed by atoms with van der Waals surface area (Å²) >= 11 is 0. The van der Waals surface area contributed by atoms with Crippen molar-refractivity contribution in [2.75, 3.05) is 18.9 Å². The van der Waals surface area contributed by atoms with Gasteiger partial charge in [0, 0.05) is 18.3 Å². The molecule has 6 heteroatoms. The largest absolute Gasteiger partial charge is 0.399 e. The molecule has 1 atom stereocenters. The second kappa shape index (κ2) is 4.64. The number of nitrogen functional groups attached to an aromatic ring is 1. The molecule has 0 saturated carbocycles. The fourth-order valence-corrected chi connectivity index (χ4v) is 3.07. The molecule has 0 spiro atoms. The Labute approximate surface area is 101 Å². The van der Waals surface area contributed by atoms with Crippen molar-refractivity contribution in [3.8, 4) is 0 Å². The number of ether oxygens (including phenoxy) is 1. The summed E-state index contributed by atoms with van der Waals surface area (Å²) in [7, 11) is -3.47. The Bertz CT molecular complexity index is 507. The normalized spacial score (nSPS) is 20.6. The molecule has 1 aliphatic rings. The predicted molar refractivity (Wildman–Crippen MR) is 65.1 cm³/mol. The molecule has 0 amide bonds. The van der Waals surface area contributed by atoms with Crippen molar-refractivity contribution in [1.82, 2.24) is 4.72 Å². The van der Waals surface area contributed by atoms with Gasteiger partial charge in [-0.25, -0.2) is 13.1 Å². The van der Waals surface area contributed by atoms with Gasteiger partial charge in [-0.3, -0.25) is 0 Å². The summed E-state index contributed by atoms with van der Waals surface area (Å²) in [6.45, 7) is 2.83. The molecular weight excluding hydrogens is 240 g/mol. The number of hydrogen-bond donors (Lipinski definition) is 2. The smallest absolute Gasteiger partial charge is 0.240 e. The fourth-order valence-electron chi connectivity index (χ4n) is 1.73. The molecule has 1 heterocycles. The van der Waals surface area contributed by atoms with Crippen LogP contribution in [-0.2, 0) is 14.8 Å². The van der Waals surface area contributed by atoms with Gasteiger partial charge in [0.1, 0.15) is 0 Å². The maximum Gasteiger partial charge on any atom is 0.240 e. The first kappa shape index (κ1) is 12.3. The van der Waals surface area contributed by atoms with Crippen molar-refractivity contribution in [2.45, 2.75) is 24.3 Å². The molecule has 3 N–H and O–H groups in total. The zero-order valence-corrected chi connectivity index (χ0v) is 10.5. The van der Waals surface area contributed by atoms with Crippen molar-refractivity contribution < 1.29 is 13.2 Å². The van der Waals surface area contributed by atoms with Gasteiger partial charge in [0.15, 0.2) is 0 Å². The molecule has 1 fully saturated rings. The summed E-state index contributed by atoms with van der Waals surface area (Å²) in [6.07, 6.45) is 0.715. The van der Waals surface area contributed by atoms with Crippen LogP contribution in [0.25, 0.3) is 0 Å². The zero-order valence-electron chi connectivity index (χ0n) is 9.64. The first-order chi connectivity index (χ1) is 7.99. The van der Waals surface area contributed by atoms with Gasteiger partial charge < -0.3 is 10.5 Å². The van der Waals surface area contributed by atoms with Crippen LogP contribution in [0.3, 0.4) is 0 Å². The number of hydrogen-bond acceptors (Lipinski definition) is 4. The highest BCUT2D eigenvalue weighted by atomic mass is 32.2. The molecule has 0 bridgehead atoms. The second-order valence-electron chi connectivity index (χ2n) is 4.20. The first-order valence-corrected chi connectivity index (χ1v) is 6.93. The lowest BCUT2D eigenvalue weighted by atomic mass is 10.2. The van der Waals surface area contributed by atoms with Crippen molar-refractivity contribution in [1.29, 1.82) is 0 Å². The first-order valence-electron chi connectivity index (χ1n) is 5.45. The lowest BCUT2D eigenvalue weighted by molar-refractivity contribution is 0.192. The standard InChI is InChI=1S/C11H16N2O3S/c1-8-6-10(2-3-11(8)12)17(14,15)13-9-4-5-16-7-9/h2-3,6,9,13H,4-5,7,12H2,1H3. The van der Waals surface area contributed by atoms with E-state index < -0.39 is 10.0 Å². The van der Waals surface area contributed by atoms with Crippen LogP contribution in [0.1, 0.15) is 12.0 Å². The second-order valence-corrected chi connectivity index (χ2v) is 5.91. The van der Waals surface area contributed by atoms with Crippen LogP contribution in [0.5, 0.6) is 0 Å². The van der Waals surface area contributed by atoms with Gasteiger partial charge in [0.25, 0.3) is 0 Å². The van der Waals surface area contributed by atoms with Gasteiger partial charge in [-0.15, -0.1) is 0 Å². The maximum absolute atomic E-state index is 12.0. The van der Waals surface area contributed by atoms with Crippen LogP contribution >= 0.6 is 0 Å². The fraction of sp³-hybridized carbons (Fsp3) is 0.455. The van der Waals surface area contributed by atoms with Gasteiger partial charge in [-0.05, 0) is 37.1 Å². The Morgan fingerprint density at radius 3 is 2.82 bits per heavy atom. The summed E-state index contributed by atoms with van der Waals surface area (Å²) in [4.78, 5) is 0.246. The molecule has 0 aromatic heterocycles. The van der Waals surface area contributed by atoms with Crippen molar-refractivity contribution in [3.63, 3.8) is 0 Å². The molecule has 1 unspecified atom stereocenters. The summed E-state index contributed by atoms with van der Waals surface area (Å²) in [5.41, 5.74) is 7.01. The highest BCUT2D eigenvalue weighted by molar-refractivity contribution is 7.89. The topological polar surface area (TPSA) is 81.4 Å². The Balaban J connectivity index is 2.21. The molecule has 94 valence electrons. The van der Waals surface area contributed by atoms with Crippen LogP contribution in [0.4, 0.5) is 5.69 Å². The van der Waals surface area contributed by atoms with Crippen LogP contribution in [0, 0.1) is 6.92 Å². The van der Waals surface area contributed by atoms with E-state index in [4.69, 9.17) is 10.5 Å². The lowest BCUT2D eigenvalue weighted by Gasteiger charge is -2.12. The quantitative estimate of drug-likeness (QED) is 0.778. The van der Waals surface area contributed by atoms with E-state index in [-0.39, 0.29) is 10.9 Å².